The van der Waals surface area contributed by atoms with E-state index < -0.39 is 35.3 Å². The van der Waals surface area contributed by atoms with Gasteiger partial charge in [-0.05, 0) is 52.2 Å². The van der Waals surface area contributed by atoms with Crippen LogP contribution in [0.3, 0.4) is 0 Å². The topological polar surface area (TPSA) is 122 Å². The van der Waals surface area contributed by atoms with Crippen LogP contribution in [-0.4, -0.2) is 52.7 Å². The molecule has 1 saturated heterocycles. The Hall–Kier alpha value is -3.23. The average Bonchev–Trinajstić information content (AvgIpc) is 2.92. The predicted octanol–water partition coefficient (Wildman–Crippen LogP) is 2.01. The number of ether oxygens (including phenoxy) is 1. The molecule has 4 amide bonds. The molecule has 1 atom stereocenters. The Labute approximate surface area is 180 Å². The highest BCUT2D eigenvalue weighted by molar-refractivity contribution is 6.25. The number of nitrogens with zero attached hydrogens (tertiary/aromatic N) is 1. The van der Waals surface area contributed by atoms with E-state index in [1.165, 1.54) is 0 Å². The number of fused-ring (bicyclic) bond motifs is 1. The van der Waals surface area contributed by atoms with Gasteiger partial charge in [0.25, 0.3) is 11.8 Å². The molecule has 0 spiro atoms. The van der Waals surface area contributed by atoms with Crippen LogP contribution in [-0.2, 0) is 19.1 Å². The first-order chi connectivity index (χ1) is 14.6. The summed E-state index contributed by atoms with van der Waals surface area (Å²) in [6.45, 7) is 5.95. The molecule has 0 saturated carbocycles. The van der Waals surface area contributed by atoms with Gasteiger partial charge in [0.05, 0.1) is 11.1 Å². The van der Waals surface area contributed by atoms with E-state index in [1.54, 1.807) is 18.2 Å². The number of nitrogens with one attached hydrogen (secondary N) is 2. The number of imide groups is 2. The zero-order valence-electron chi connectivity index (χ0n) is 17.9. The molecular weight excluding hydrogens is 402 g/mol. The Morgan fingerprint density at radius 1 is 1.16 bits per heavy atom. The summed E-state index contributed by atoms with van der Waals surface area (Å²) >= 11 is 0. The number of piperidine rings is 1. The number of benzene rings is 1. The Bertz CT molecular complexity index is 934. The summed E-state index contributed by atoms with van der Waals surface area (Å²) in [4.78, 5) is 62.1. The highest BCUT2D eigenvalue weighted by atomic mass is 16.6. The Morgan fingerprint density at radius 2 is 1.90 bits per heavy atom. The number of carbonyl (C=O) groups is 5. The molecular formula is C22H27N3O6. The fraction of sp³-hybridized carbons (Fsp3) is 0.500. The van der Waals surface area contributed by atoms with Crippen LogP contribution >= 0.6 is 0 Å². The van der Waals surface area contributed by atoms with Gasteiger partial charge in [-0.25, -0.2) is 0 Å². The first-order valence-electron chi connectivity index (χ1n) is 10.4. The third-order valence-corrected chi connectivity index (χ3v) is 5.01. The summed E-state index contributed by atoms with van der Waals surface area (Å²) < 4.78 is 5.27. The van der Waals surface area contributed by atoms with Crippen molar-refractivity contribution >= 4 is 35.3 Å². The molecule has 9 heteroatoms. The van der Waals surface area contributed by atoms with Gasteiger partial charge in [-0.1, -0.05) is 6.07 Å². The minimum Gasteiger partial charge on any atom is -0.460 e. The number of carbonyl (C=O) groups excluding carboxylic acids is 5. The van der Waals surface area contributed by atoms with E-state index in [9.17, 15) is 24.0 Å². The quantitative estimate of drug-likeness (QED) is 0.386. The second-order valence-corrected chi connectivity index (χ2v) is 8.65. The third kappa shape index (κ3) is 5.10. The van der Waals surface area contributed by atoms with E-state index >= 15 is 0 Å². The zero-order valence-corrected chi connectivity index (χ0v) is 17.9. The lowest BCUT2D eigenvalue weighted by atomic mass is 10.0. The minimum absolute atomic E-state index is 0.0760. The maximum Gasteiger partial charge on any atom is 0.306 e. The minimum atomic E-state index is -0.994. The average molecular weight is 429 g/mol. The van der Waals surface area contributed by atoms with Crippen molar-refractivity contribution < 1.29 is 28.7 Å². The van der Waals surface area contributed by atoms with Crippen LogP contribution in [0.2, 0.25) is 0 Å². The van der Waals surface area contributed by atoms with E-state index in [-0.39, 0.29) is 29.9 Å². The SMILES string of the molecule is CC(C)(C)OC(=O)CCCCNc1cccc2c1C(=O)N(C1CCC(=O)NC1=O)C2=O. The summed E-state index contributed by atoms with van der Waals surface area (Å²) in [5, 5.41) is 5.34. The lowest BCUT2D eigenvalue weighted by Crippen LogP contribution is -2.54. The summed E-state index contributed by atoms with van der Waals surface area (Å²) in [5.41, 5.74) is 0.446. The molecule has 0 aliphatic carbocycles. The largest absolute Gasteiger partial charge is 0.460 e. The second kappa shape index (κ2) is 8.87. The van der Waals surface area contributed by atoms with Crippen molar-refractivity contribution in [2.75, 3.05) is 11.9 Å². The van der Waals surface area contributed by atoms with Gasteiger partial charge in [0.15, 0.2) is 0 Å². The van der Waals surface area contributed by atoms with E-state index in [1.807, 2.05) is 20.8 Å². The third-order valence-electron chi connectivity index (χ3n) is 5.01. The fourth-order valence-electron chi connectivity index (χ4n) is 3.67. The molecule has 2 heterocycles. The first-order valence-corrected chi connectivity index (χ1v) is 10.4. The summed E-state index contributed by atoms with van der Waals surface area (Å²) in [7, 11) is 0. The van der Waals surface area contributed by atoms with E-state index in [4.69, 9.17) is 4.74 Å². The molecule has 3 rings (SSSR count). The molecule has 0 radical (unpaired) electrons. The van der Waals surface area contributed by atoms with Gasteiger partial charge in [-0.3, -0.25) is 34.2 Å². The van der Waals surface area contributed by atoms with Gasteiger partial charge >= 0.3 is 5.97 Å². The van der Waals surface area contributed by atoms with Crippen molar-refractivity contribution in [3.05, 3.63) is 29.3 Å². The van der Waals surface area contributed by atoms with Crippen LogP contribution in [0.4, 0.5) is 5.69 Å². The van der Waals surface area contributed by atoms with Crippen LogP contribution < -0.4 is 10.6 Å². The number of esters is 1. The normalized spacial score (nSPS) is 18.7. The molecule has 2 aliphatic rings. The molecule has 2 aliphatic heterocycles. The monoisotopic (exact) mass is 429 g/mol. The van der Waals surface area contributed by atoms with Gasteiger partial charge < -0.3 is 10.1 Å². The van der Waals surface area contributed by atoms with Crippen LogP contribution in [0.5, 0.6) is 0 Å². The van der Waals surface area contributed by atoms with Gasteiger partial charge in [-0.15, -0.1) is 0 Å². The zero-order chi connectivity index (χ0) is 22.8. The van der Waals surface area contributed by atoms with Crippen LogP contribution in [0.25, 0.3) is 0 Å². The molecule has 0 bridgehead atoms. The van der Waals surface area contributed by atoms with Crippen molar-refractivity contribution in [2.24, 2.45) is 0 Å². The van der Waals surface area contributed by atoms with E-state index in [2.05, 4.69) is 10.6 Å². The molecule has 1 unspecified atom stereocenters. The van der Waals surface area contributed by atoms with Gasteiger partial charge in [0.2, 0.25) is 11.8 Å². The molecule has 9 nitrogen and oxygen atoms in total. The Balaban J connectivity index is 1.61. The summed E-state index contributed by atoms with van der Waals surface area (Å²) in [6.07, 6.45) is 1.77. The summed E-state index contributed by atoms with van der Waals surface area (Å²) in [6, 6.07) is 3.92. The number of rotatable bonds is 7. The maximum atomic E-state index is 13.0. The summed E-state index contributed by atoms with van der Waals surface area (Å²) in [5.74, 6) is -2.39. The second-order valence-electron chi connectivity index (χ2n) is 8.65. The standard InChI is InChI=1S/C22H27N3O6/c1-22(2,3)31-17(27)9-4-5-12-23-14-8-6-7-13-18(14)21(30)25(20(13)29)15-10-11-16(26)24-19(15)28/h6-8,15,23H,4-5,9-12H2,1-3H3,(H,24,26,28). The van der Waals surface area contributed by atoms with Crippen molar-refractivity contribution in [3.8, 4) is 0 Å². The van der Waals surface area contributed by atoms with Crippen molar-refractivity contribution in [1.29, 1.82) is 0 Å². The Morgan fingerprint density at radius 3 is 2.58 bits per heavy atom. The number of hydrogen-bond donors (Lipinski definition) is 2. The van der Waals surface area contributed by atoms with E-state index in [0.717, 1.165) is 4.90 Å². The lowest BCUT2D eigenvalue weighted by molar-refractivity contribution is -0.155. The highest BCUT2D eigenvalue weighted by Gasteiger charge is 2.45. The van der Waals surface area contributed by atoms with Crippen LogP contribution in [0, 0.1) is 0 Å². The van der Waals surface area contributed by atoms with Crippen LogP contribution in [0.1, 0.15) is 73.6 Å². The number of hydrogen-bond acceptors (Lipinski definition) is 7. The molecule has 2 N–H and O–H groups in total. The molecule has 166 valence electrons. The highest BCUT2D eigenvalue weighted by Crippen LogP contribution is 2.32. The first kappa shape index (κ1) is 22.5. The molecule has 0 aromatic heterocycles. The molecule has 1 fully saturated rings. The maximum absolute atomic E-state index is 13.0. The Kier molecular flexibility index (Phi) is 6.42. The van der Waals surface area contributed by atoms with Gasteiger partial charge in [0.1, 0.15) is 11.6 Å². The number of unbranched alkanes of at least 4 members (excludes halogenated alkanes) is 1. The van der Waals surface area contributed by atoms with Gasteiger partial charge in [0, 0.05) is 25.1 Å². The number of anilines is 1. The number of amides is 4. The van der Waals surface area contributed by atoms with Crippen LogP contribution in [0.15, 0.2) is 18.2 Å². The van der Waals surface area contributed by atoms with Gasteiger partial charge in [-0.2, -0.15) is 0 Å². The van der Waals surface area contributed by atoms with Crippen molar-refractivity contribution in [1.82, 2.24) is 10.2 Å². The molecule has 1 aromatic carbocycles. The predicted molar refractivity (Wildman–Crippen MR) is 111 cm³/mol. The smallest absolute Gasteiger partial charge is 0.306 e. The van der Waals surface area contributed by atoms with Crippen molar-refractivity contribution in [2.45, 2.75) is 64.5 Å². The van der Waals surface area contributed by atoms with E-state index in [0.29, 0.717) is 31.5 Å². The van der Waals surface area contributed by atoms with Crippen molar-refractivity contribution in [3.63, 3.8) is 0 Å². The fourth-order valence-corrected chi connectivity index (χ4v) is 3.67. The lowest BCUT2D eigenvalue weighted by Gasteiger charge is -2.27. The molecule has 31 heavy (non-hydrogen) atoms. The molecule has 1 aromatic rings.